The molecule has 1 aliphatic heterocycles. The van der Waals surface area contributed by atoms with Crippen LogP contribution in [-0.2, 0) is 41.8 Å². The topological polar surface area (TPSA) is 238 Å². The van der Waals surface area contributed by atoms with Crippen LogP contribution in [0.15, 0.2) is 47.4 Å². The number of benzene rings is 2. The van der Waals surface area contributed by atoms with E-state index >= 15 is 4.39 Å². The van der Waals surface area contributed by atoms with Crippen LogP contribution >= 0.6 is 0 Å². The van der Waals surface area contributed by atoms with Crippen molar-refractivity contribution in [1.29, 1.82) is 0 Å². The van der Waals surface area contributed by atoms with Crippen LogP contribution in [0.5, 0.6) is 0 Å². The molecule has 0 radical (unpaired) electrons. The Balaban J connectivity index is 1.34. The molecule has 2 heterocycles. The van der Waals surface area contributed by atoms with E-state index in [4.69, 9.17) is 9.47 Å². The van der Waals surface area contributed by atoms with Crippen LogP contribution in [0, 0.1) is 11.7 Å². The first-order chi connectivity index (χ1) is 30.1. The monoisotopic (exact) mass is 894 g/mol. The summed E-state index contributed by atoms with van der Waals surface area (Å²) in [5, 5.41) is 19.9. The molecule has 64 heavy (non-hydrogen) atoms. The summed E-state index contributed by atoms with van der Waals surface area (Å²) in [5.74, 6) is -4.40. The number of amides is 6. The van der Waals surface area contributed by atoms with Gasteiger partial charge >= 0.3 is 18.2 Å². The van der Waals surface area contributed by atoms with E-state index < -0.39 is 70.4 Å². The minimum atomic E-state index is -1.40. The molecule has 0 saturated carbocycles. The molecule has 3 aromatic rings. The molecule has 2 aromatic carbocycles. The molecular weight excluding hydrogens is 836 g/mol. The number of piperazine rings is 1. The lowest BCUT2D eigenvalue weighted by molar-refractivity contribution is -0.132. The summed E-state index contributed by atoms with van der Waals surface area (Å²) in [7, 11) is 3.23. The first kappa shape index (κ1) is 49.9. The van der Waals surface area contributed by atoms with Gasteiger partial charge in [0.05, 0.1) is 17.7 Å². The van der Waals surface area contributed by atoms with Gasteiger partial charge in [0.25, 0.3) is 0 Å². The van der Waals surface area contributed by atoms with Crippen molar-refractivity contribution >= 4 is 64.1 Å². The van der Waals surface area contributed by atoms with Crippen molar-refractivity contribution in [3.63, 3.8) is 0 Å². The van der Waals surface area contributed by atoms with Crippen LogP contribution < -0.4 is 31.6 Å². The van der Waals surface area contributed by atoms with E-state index in [1.54, 1.807) is 89.4 Å². The molecule has 5 N–H and O–H groups in total. The van der Waals surface area contributed by atoms with Crippen molar-refractivity contribution in [2.24, 2.45) is 5.92 Å². The molecule has 20 heteroatoms. The maximum absolute atomic E-state index is 15.4. The van der Waals surface area contributed by atoms with Gasteiger partial charge in [-0.1, -0.05) is 26.0 Å². The highest BCUT2D eigenvalue weighted by atomic mass is 19.1. The normalized spacial score (nSPS) is 13.7. The van der Waals surface area contributed by atoms with Crippen molar-refractivity contribution in [3.8, 4) is 0 Å². The number of carbonyl (C=O) groups excluding carboxylic acids is 6. The summed E-state index contributed by atoms with van der Waals surface area (Å²) in [5.41, 5.74) is -0.517. The lowest BCUT2D eigenvalue weighted by Gasteiger charge is -2.35. The van der Waals surface area contributed by atoms with Crippen LogP contribution in [0.3, 0.4) is 0 Å². The Bertz CT molecular complexity index is 2270. The van der Waals surface area contributed by atoms with Crippen molar-refractivity contribution in [2.75, 3.05) is 57.0 Å². The number of pyridine rings is 1. The standard InChI is InChI=1S/C44H59FN8O11/c1-9-51-24-30(41(59)60)38(56)29-21-31(45)34(22-33(29)51)52-17-19-53(20-18-52)43(62)63-25-27-13-15-28(16-14-27)47-39(57)32(23-46-42(61)64-44(4,5)6)48-40(58)37(26(2)3)49-35(54)11-10-12-36(55)50(7)8/h13-16,21-22,24,26,32,37H,9-12,17-20,23,25H2,1-8H3,(H,46,61)(H,47,57)(H,48,58)(H,49,54)(H,59,60)/t32-,37-/m0/s1. The zero-order valence-electron chi connectivity index (χ0n) is 37.5. The highest BCUT2D eigenvalue weighted by Gasteiger charge is 2.30. The molecule has 6 amide bonds. The summed E-state index contributed by atoms with van der Waals surface area (Å²) in [4.78, 5) is 106. The van der Waals surface area contributed by atoms with Crippen LogP contribution in [0.25, 0.3) is 10.9 Å². The van der Waals surface area contributed by atoms with E-state index in [0.29, 0.717) is 23.3 Å². The third-order valence-electron chi connectivity index (χ3n) is 10.2. The number of aromatic nitrogens is 1. The third-order valence-corrected chi connectivity index (χ3v) is 10.2. The number of aryl methyl sites for hydroxylation is 1. The molecule has 1 aromatic heterocycles. The molecule has 1 fully saturated rings. The first-order valence-electron chi connectivity index (χ1n) is 21.0. The quantitative estimate of drug-likeness (QED) is 0.131. The van der Waals surface area contributed by atoms with E-state index in [1.165, 1.54) is 22.1 Å². The van der Waals surface area contributed by atoms with Gasteiger partial charge in [0, 0.05) is 76.9 Å². The van der Waals surface area contributed by atoms with Crippen molar-refractivity contribution in [3.05, 3.63) is 69.8 Å². The SMILES string of the molecule is CCn1cc(C(=O)O)c(=O)c2cc(F)c(N3CCN(C(=O)OCc4ccc(NC(=O)[C@H](CNC(=O)OC(C)(C)C)NC(=O)[C@@H](NC(=O)CCCC(=O)N(C)C)C(C)C)cc4)CC3)cc21. The zero-order valence-corrected chi connectivity index (χ0v) is 37.5. The molecule has 0 unspecified atom stereocenters. The molecule has 0 bridgehead atoms. The lowest BCUT2D eigenvalue weighted by atomic mass is 10.0. The molecular formula is C44H59FN8O11. The lowest BCUT2D eigenvalue weighted by Crippen LogP contribution is -2.57. The number of fused-ring (bicyclic) bond motifs is 1. The van der Waals surface area contributed by atoms with Crippen LogP contribution in [0.2, 0.25) is 0 Å². The number of hydrogen-bond donors (Lipinski definition) is 5. The smallest absolute Gasteiger partial charge is 0.410 e. The molecule has 0 spiro atoms. The van der Waals surface area contributed by atoms with E-state index in [-0.39, 0.29) is 81.5 Å². The van der Waals surface area contributed by atoms with Gasteiger partial charge < -0.3 is 55.1 Å². The van der Waals surface area contributed by atoms with Gasteiger partial charge in [-0.05, 0) is 69.9 Å². The van der Waals surface area contributed by atoms with Gasteiger partial charge in [-0.25, -0.2) is 18.8 Å². The van der Waals surface area contributed by atoms with Gasteiger partial charge in [0.2, 0.25) is 29.1 Å². The Morgan fingerprint density at radius 1 is 0.922 bits per heavy atom. The van der Waals surface area contributed by atoms with Gasteiger partial charge in [0.1, 0.15) is 35.7 Å². The number of halogens is 1. The number of aromatic carboxylic acids is 1. The highest BCUT2D eigenvalue weighted by molar-refractivity contribution is 5.99. The number of ether oxygens (including phenoxy) is 2. The minimum absolute atomic E-state index is 0.00837. The fourth-order valence-electron chi connectivity index (χ4n) is 6.71. The van der Waals surface area contributed by atoms with E-state index in [0.717, 1.165) is 6.07 Å². The summed E-state index contributed by atoms with van der Waals surface area (Å²) < 4.78 is 27.8. The van der Waals surface area contributed by atoms with E-state index in [2.05, 4.69) is 21.3 Å². The number of nitrogens with zero attached hydrogens (tertiary/aromatic N) is 4. The van der Waals surface area contributed by atoms with Crippen molar-refractivity contribution < 1.29 is 52.5 Å². The van der Waals surface area contributed by atoms with E-state index in [1.807, 2.05) is 0 Å². The van der Waals surface area contributed by atoms with E-state index in [9.17, 15) is 43.5 Å². The Labute approximate surface area is 370 Å². The number of rotatable bonds is 17. The number of anilines is 2. The van der Waals surface area contributed by atoms with Crippen molar-refractivity contribution in [2.45, 2.75) is 91.6 Å². The number of hydrogen-bond acceptors (Lipinski definition) is 11. The zero-order chi connectivity index (χ0) is 47.5. The second-order valence-electron chi connectivity index (χ2n) is 16.9. The Hall–Kier alpha value is -6.73. The number of alkyl carbamates (subject to hydrolysis) is 1. The molecule has 4 rings (SSSR count). The van der Waals surface area contributed by atoms with Crippen molar-refractivity contribution in [1.82, 2.24) is 30.3 Å². The third kappa shape index (κ3) is 13.9. The van der Waals surface area contributed by atoms with Crippen LogP contribution in [0.1, 0.15) is 76.7 Å². The molecule has 1 saturated heterocycles. The number of carboxylic acids is 1. The summed E-state index contributed by atoms with van der Waals surface area (Å²) in [6.07, 6.45) is 0.287. The Morgan fingerprint density at radius 2 is 1.58 bits per heavy atom. The second-order valence-corrected chi connectivity index (χ2v) is 16.9. The van der Waals surface area contributed by atoms with Gasteiger partial charge in [-0.2, -0.15) is 0 Å². The number of nitrogens with one attached hydrogen (secondary N) is 4. The summed E-state index contributed by atoms with van der Waals surface area (Å²) >= 11 is 0. The average Bonchev–Trinajstić information content (AvgIpc) is 3.23. The molecule has 2 atom stereocenters. The maximum atomic E-state index is 15.4. The fourth-order valence-corrected chi connectivity index (χ4v) is 6.71. The molecule has 1 aliphatic rings. The first-order valence-corrected chi connectivity index (χ1v) is 21.0. The average molecular weight is 895 g/mol. The summed E-state index contributed by atoms with van der Waals surface area (Å²) in [6, 6.07) is 6.62. The highest BCUT2D eigenvalue weighted by Crippen LogP contribution is 2.27. The van der Waals surface area contributed by atoms with Gasteiger partial charge in [0.15, 0.2) is 0 Å². The fraction of sp³-hybridized carbons (Fsp3) is 0.500. The van der Waals surface area contributed by atoms with Gasteiger partial charge in [-0.3, -0.25) is 24.0 Å². The molecule has 0 aliphatic carbocycles. The molecule has 19 nitrogen and oxygen atoms in total. The predicted molar refractivity (Wildman–Crippen MR) is 235 cm³/mol. The minimum Gasteiger partial charge on any atom is -0.477 e. The second kappa shape index (κ2) is 22.1. The van der Waals surface area contributed by atoms with Crippen LogP contribution in [-0.4, -0.2) is 126 Å². The van der Waals surface area contributed by atoms with Crippen LogP contribution in [0.4, 0.5) is 25.4 Å². The Kier molecular flexibility index (Phi) is 17.2. The number of carbonyl (C=O) groups is 7. The number of carboxylic acid groups (broad SMARTS) is 1. The maximum Gasteiger partial charge on any atom is 0.410 e. The predicted octanol–water partition coefficient (Wildman–Crippen LogP) is 3.66. The molecule has 348 valence electrons. The Morgan fingerprint density at radius 3 is 2.16 bits per heavy atom. The summed E-state index contributed by atoms with van der Waals surface area (Å²) in [6.45, 7) is 11.1. The largest absolute Gasteiger partial charge is 0.477 e. The van der Waals surface area contributed by atoms with Gasteiger partial charge in [-0.15, -0.1) is 0 Å².